The standard InChI is InChI=1S/C16H28BrN3O/c1-5-10-20-13(12(17)11-19-20)14(18)16(21-4)8-6-15(2,3)7-9-16/h11,14H,5-10,18H2,1-4H3. The highest BCUT2D eigenvalue weighted by Gasteiger charge is 2.45. The number of aryl methyl sites for hydroxylation is 1. The van der Waals surface area contributed by atoms with Crippen LogP contribution < -0.4 is 5.73 Å². The highest BCUT2D eigenvalue weighted by atomic mass is 79.9. The molecule has 0 amide bonds. The second-order valence-corrected chi connectivity index (χ2v) is 7.87. The summed E-state index contributed by atoms with van der Waals surface area (Å²) in [6.07, 6.45) is 7.19. The molecule has 0 aromatic carbocycles. The third kappa shape index (κ3) is 3.35. The molecule has 1 aliphatic carbocycles. The van der Waals surface area contributed by atoms with Crippen molar-refractivity contribution in [1.29, 1.82) is 0 Å². The van der Waals surface area contributed by atoms with Crippen LogP contribution in [0.1, 0.15) is 64.6 Å². The fraction of sp³-hybridized carbons (Fsp3) is 0.812. The summed E-state index contributed by atoms with van der Waals surface area (Å²) in [6.45, 7) is 7.70. The molecule has 21 heavy (non-hydrogen) atoms. The minimum atomic E-state index is -0.274. The molecule has 1 aromatic heterocycles. The average molecular weight is 358 g/mol. The number of methoxy groups -OCH3 is 1. The number of nitrogens with zero attached hydrogens (tertiary/aromatic N) is 2. The summed E-state index contributed by atoms with van der Waals surface area (Å²) < 4.78 is 8.97. The van der Waals surface area contributed by atoms with Crippen LogP contribution in [0.25, 0.3) is 0 Å². The molecule has 1 saturated carbocycles. The Morgan fingerprint density at radius 1 is 1.38 bits per heavy atom. The van der Waals surface area contributed by atoms with Gasteiger partial charge in [0.2, 0.25) is 0 Å². The van der Waals surface area contributed by atoms with Crippen molar-refractivity contribution in [1.82, 2.24) is 9.78 Å². The number of aromatic nitrogens is 2. The van der Waals surface area contributed by atoms with Gasteiger partial charge < -0.3 is 10.5 Å². The van der Waals surface area contributed by atoms with Gasteiger partial charge in [-0.05, 0) is 53.4 Å². The molecule has 0 bridgehead atoms. The Kier molecular flexibility index (Phi) is 5.16. The first-order chi connectivity index (χ1) is 9.85. The number of hydrogen-bond acceptors (Lipinski definition) is 3. The van der Waals surface area contributed by atoms with E-state index < -0.39 is 0 Å². The van der Waals surface area contributed by atoms with Crippen molar-refractivity contribution in [2.45, 2.75) is 71.1 Å². The maximum absolute atomic E-state index is 6.66. The molecule has 1 aromatic rings. The molecule has 4 nitrogen and oxygen atoms in total. The number of nitrogens with two attached hydrogens (primary N) is 1. The Balaban J connectivity index is 2.29. The van der Waals surface area contributed by atoms with Gasteiger partial charge in [-0.25, -0.2) is 0 Å². The smallest absolute Gasteiger partial charge is 0.0886 e. The molecule has 1 atom stereocenters. The summed E-state index contributed by atoms with van der Waals surface area (Å²) in [7, 11) is 1.80. The monoisotopic (exact) mass is 357 g/mol. The van der Waals surface area contributed by atoms with Gasteiger partial charge in [-0.15, -0.1) is 0 Å². The van der Waals surface area contributed by atoms with Gasteiger partial charge in [-0.3, -0.25) is 4.68 Å². The summed E-state index contributed by atoms with van der Waals surface area (Å²) in [5.41, 5.74) is 7.85. The lowest BCUT2D eigenvalue weighted by molar-refractivity contribution is -0.0811. The third-order valence-corrected chi connectivity index (χ3v) is 5.60. The van der Waals surface area contributed by atoms with Crippen LogP contribution in [0.3, 0.4) is 0 Å². The summed E-state index contributed by atoms with van der Waals surface area (Å²) in [5.74, 6) is 0. The molecule has 0 radical (unpaired) electrons. The summed E-state index contributed by atoms with van der Waals surface area (Å²) in [6, 6.07) is -0.151. The van der Waals surface area contributed by atoms with Gasteiger partial charge in [-0.1, -0.05) is 20.8 Å². The second-order valence-electron chi connectivity index (χ2n) is 7.01. The molecule has 1 heterocycles. The highest BCUT2D eigenvalue weighted by molar-refractivity contribution is 9.10. The van der Waals surface area contributed by atoms with Crippen LogP contribution in [0.15, 0.2) is 10.7 Å². The van der Waals surface area contributed by atoms with E-state index in [0.717, 1.165) is 48.8 Å². The number of rotatable bonds is 5. The van der Waals surface area contributed by atoms with Gasteiger partial charge in [0.25, 0.3) is 0 Å². The fourth-order valence-corrected chi connectivity index (χ4v) is 3.86. The van der Waals surface area contributed by atoms with E-state index in [-0.39, 0.29) is 11.6 Å². The zero-order chi connectivity index (χ0) is 15.7. The molecular weight excluding hydrogens is 330 g/mol. The molecule has 2 rings (SSSR count). The molecule has 0 aliphatic heterocycles. The van der Waals surface area contributed by atoms with Gasteiger partial charge in [0.05, 0.1) is 28.0 Å². The minimum absolute atomic E-state index is 0.151. The maximum Gasteiger partial charge on any atom is 0.0886 e. The minimum Gasteiger partial charge on any atom is -0.376 e. The summed E-state index contributed by atoms with van der Waals surface area (Å²) in [4.78, 5) is 0. The Bertz CT molecular complexity index is 474. The topological polar surface area (TPSA) is 53.1 Å². The average Bonchev–Trinajstić information content (AvgIpc) is 2.80. The zero-order valence-corrected chi connectivity index (χ0v) is 15.2. The Morgan fingerprint density at radius 3 is 2.52 bits per heavy atom. The van der Waals surface area contributed by atoms with Crippen LogP contribution in [-0.4, -0.2) is 22.5 Å². The van der Waals surface area contributed by atoms with Crippen molar-refractivity contribution in [3.05, 3.63) is 16.4 Å². The van der Waals surface area contributed by atoms with Gasteiger partial charge in [0.1, 0.15) is 0 Å². The first-order valence-corrected chi connectivity index (χ1v) is 8.66. The van der Waals surface area contributed by atoms with Gasteiger partial charge in [0.15, 0.2) is 0 Å². The SMILES string of the molecule is CCCn1ncc(Br)c1C(N)C1(OC)CCC(C)(C)CC1. The van der Waals surface area contributed by atoms with Crippen LogP contribution in [-0.2, 0) is 11.3 Å². The molecule has 0 spiro atoms. The second kappa shape index (κ2) is 6.39. The predicted octanol–water partition coefficient (Wildman–Crippen LogP) is 4.04. The van der Waals surface area contributed by atoms with Crippen molar-refractivity contribution in [2.75, 3.05) is 7.11 Å². The maximum atomic E-state index is 6.66. The van der Waals surface area contributed by atoms with Crippen LogP contribution in [0.2, 0.25) is 0 Å². The van der Waals surface area contributed by atoms with Crippen LogP contribution >= 0.6 is 15.9 Å². The van der Waals surface area contributed by atoms with Crippen LogP contribution in [0.5, 0.6) is 0 Å². The van der Waals surface area contributed by atoms with Gasteiger partial charge in [0, 0.05) is 13.7 Å². The Morgan fingerprint density at radius 2 is 2.00 bits per heavy atom. The molecule has 120 valence electrons. The van der Waals surface area contributed by atoms with Crippen molar-refractivity contribution >= 4 is 15.9 Å². The number of hydrogen-bond donors (Lipinski definition) is 1. The summed E-state index contributed by atoms with van der Waals surface area (Å²) >= 11 is 3.61. The van der Waals surface area contributed by atoms with E-state index in [4.69, 9.17) is 10.5 Å². The third-order valence-electron chi connectivity index (χ3n) is 4.99. The highest BCUT2D eigenvalue weighted by Crippen LogP contribution is 2.47. The molecule has 1 aliphatic rings. The lowest BCUT2D eigenvalue weighted by atomic mass is 9.68. The fourth-order valence-electron chi connectivity index (χ4n) is 3.31. The van der Waals surface area contributed by atoms with E-state index in [1.54, 1.807) is 7.11 Å². The van der Waals surface area contributed by atoms with Gasteiger partial charge in [-0.2, -0.15) is 5.10 Å². The van der Waals surface area contributed by atoms with E-state index in [1.807, 2.05) is 10.9 Å². The molecule has 1 unspecified atom stereocenters. The first-order valence-electron chi connectivity index (χ1n) is 7.87. The van der Waals surface area contributed by atoms with E-state index in [2.05, 4.69) is 41.8 Å². The van der Waals surface area contributed by atoms with Crippen molar-refractivity contribution in [3.63, 3.8) is 0 Å². The number of ether oxygens (including phenoxy) is 1. The quantitative estimate of drug-likeness (QED) is 0.864. The Labute approximate surface area is 136 Å². The van der Waals surface area contributed by atoms with Crippen LogP contribution in [0.4, 0.5) is 0 Å². The van der Waals surface area contributed by atoms with Crippen molar-refractivity contribution < 1.29 is 4.74 Å². The number of halogens is 1. The van der Waals surface area contributed by atoms with E-state index in [0.29, 0.717) is 5.41 Å². The molecule has 0 saturated heterocycles. The predicted molar refractivity (Wildman–Crippen MR) is 89.1 cm³/mol. The largest absolute Gasteiger partial charge is 0.376 e. The van der Waals surface area contributed by atoms with Crippen molar-refractivity contribution in [2.24, 2.45) is 11.1 Å². The van der Waals surface area contributed by atoms with Gasteiger partial charge >= 0.3 is 0 Å². The Hall–Kier alpha value is -0.390. The lowest BCUT2D eigenvalue weighted by Gasteiger charge is -2.46. The molecule has 2 N–H and O–H groups in total. The molecular formula is C16H28BrN3O. The lowest BCUT2D eigenvalue weighted by Crippen LogP contribution is -2.48. The first kappa shape index (κ1) is 17.0. The summed E-state index contributed by atoms with van der Waals surface area (Å²) in [5, 5.41) is 4.45. The van der Waals surface area contributed by atoms with Crippen molar-refractivity contribution in [3.8, 4) is 0 Å². The normalized spacial score (nSPS) is 22.2. The molecule has 5 heteroatoms. The van der Waals surface area contributed by atoms with E-state index in [1.165, 1.54) is 0 Å². The van der Waals surface area contributed by atoms with E-state index in [9.17, 15) is 0 Å². The van der Waals surface area contributed by atoms with E-state index >= 15 is 0 Å². The van der Waals surface area contributed by atoms with Crippen LogP contribution in [0, 0.1) is 5.41 Å². The molecule has 1 fully saturated rings. The zero-order valence-electron chi connectivity index (χ0n) is 13.7.